The highest BCUT2D eigenvalue weighted by Gasteiger charge is 2.21. The number of nitrogens with one attached hydrogen (secondary N) is 1. The summed E-state index contributed by atoms with van der Waals surface area (Å²) < 4.78 is 0. The Bertz CT molecular complexity index is 719. The molecule has 1 aromatic carbocycles. The van der Waals surface area contributed by atoms with Gasteiger partial charge in [-0.3, -0.25) is 4.79 Å². The molecule has 1 N–H and O–H groups in total. The van der Waals surface area contributed by atoms with E-state index in [1.807, 2.05) is 18.7 Å². The molecule has 1 saturated heterocycles. The van der Waals surface area contributed by atoms with Gasteiger partial charge < -0.3 is 10.2 Å². The van der Waals surface area contributed by atoms with E-state index in [1.165, 1.54) is 5.56 Å². The van der Waals surface area contributed by atoms with Crippen molar-refractivity contribution in [2.24, 2.45) is 5.92 Å². The Morgan fingerprint density at radius 2 is 1.83 bits per heavy atom. The summed E-state index contributed by atoms with van der Waals surface area (Å²) in [5.41, 5.74) is 3.84. The summed E-state index contributed by atoms with van der Waals surface area (Å²) in [5.74, 6) is 1.24. The first-order chi connectivity index (χ1) is 11.5. The molecule has 2 aromatic rings. The van der Waals surface area contributed by atoms with Gasteiger partial charge in [-0.2, -0.15) is 0 Å². The number of aromatic nitrogens is 2. The van der Waals surface area contributed by atoms with Crippen LogP contribution in [-0.4, -0.2) is 33.9 Å². The molecule has 0 aliphatic carbocycles. The quantitative estimate of drug-likeness (QED) is 0.935. The van der Waals surface area contributed by atoms with E-state index in [-0.39, 0.29) is 5.91 Å². The molecule has 126 valence electrons. The van der Waals surface area contributed by atoms with Crippen LogP contribution in [0.3, 0.4) is 0 Å². The largest absolute Gasteiger partial charge is 0.339 e. The molecule has 1 amide bonds. The van der Waals surface area contributed by atoms with Gasteiger partial charge in [-0.1, -0.05) is 19.1 Å². The van der Waals surface area contributed by atoms with Crippen LogP contribution in [0.15, 0.2) is 30.6 Å². The fraction of sp³-hybridized carbons (Fsp3) is 0.421. The maximum atomic E-state index is 12.5. The van der Waals surface area contributed by atoms with E-state index in [9.17, 15) is 4.79 Å². The first-order valence-electron chi connectivity index (χ1n) is 8.48. The minimum atomic E-state index is 0.0280. The number of carbonyl (C=O) groups is 1. The normalized spacial score (nSPS) is 15.4. The van der Waals surface area contributed by atoms with Crippen molar-refractivity contribution in [3.63, 3.8) is 0 Å². The second-order valence-corrected chi connectivity index (χ2v) is 6.71. The molecule has 5 heteroatoms. The Kier molecular flexibility index (Phi) is 4.79. The van der Waals surface area contributed by atoms with Crippen LogP contribution in [-0.2, 0) is 0 Å². The smallest absolute Gasteiger partial charge is 0.256 e. The average molecular weight is 324 g/mol. The van der Waals surface area contributed by atoms with Crippen molar-refractivity contribution < 1.29 is 4.79 Å². The van der Waals surface area contributed by atoms with Crippen molar-refractivity contribution in [1.29, 1.82) is 0 Å². The van der Waals surface area contributed by atoms with Crippen molar-refractivity contribution in [3.05, 3.63) is 47.3 Å². The van der Waals surface area contributed by atoms with E-state index < -0.39 is 0 Å². The van der Waals surface area contributed by atoms with Crippen molar-refractivity contribution in [2.45, 2.75) is 33.6 Å². The average Bonchev–Trinajstić information content (AvgIpc) is 2.59. The molecule has 0 saturated carbocycles. The number of likely N-dealkylation sites (tertiary alicyclic amines) is 1. The van der Waals surface area contributed by atoms with Gasteiger partial charge in [0.05, 0.1) is 5.56 Å². The zero-order valence-electron chi connectivity index (χ0n) is 14.5. The summed E-state index contributed by atoms with van der Waals surface area (Å²) in [5, 5.41) is 3.22. The lowest BCUT2D eigenvalue weighted by Crippen LogP contribution is -2.38. The molecule has 1 aliphatic rings. The second-order valence-electron chi connectivity index (χ2n) is 6.71. The number of anilines is 2. The van der Waals surface area contributed by atoms with Crippen LogP contribution in [0.25, 0.3) is 0 Å². The zero-order valence-corrected chi connectivity index (χ0v) is 14.5. The number of amides is 1. The van der Waals surface area contributed by atoms with Crippen molar-refractivity contribution in [3.8, 4) is 0 Å². The standard InChI is InChI=1S/C19H24N4O/c1-13-6-8-23(9-7-13)18(24)16-11-20-19(21-12-16)22-17-10-14(2)4-5-15(17)3/h4-5,10-13H,6-9H2,1-3H3,(H,20,21,22). The van der Waals surface area contributed by atoms with Gasteiger partial charge in [-0.15, -0.1) is 0 Å². The molecule has 1 fully saturated rings. The Balaban J connectivity index is 1.69. The second kappa shape index (κ2) is 6.99. The fourth-order valence-electron chi connectivity index (χ4n) is 2.89. The maximum Gasteiger partial charge on any atom is 0.256 e. The van der Waals surface area contributed by atoms with Crippen LogP contribution in [0.5, 0.6) is 0 Å². The first-order valence-corrected chi connectivity index (χ1v) is 8.48. The van der Waals surface area contributed by atoms with Crippen LogP contribution in [0, 0.1) is 19.8 Å². The Morgan fingerprint density at radius 3 is 2.50 bits per heavy atom. The molecule has 0 bridgehead atoms. The lowest BCUT2D eigenvalue weighted by atomic mass is 9.99. The summed E-state index contributed by atoms with van der Waals surface area (Å²) in [6.45, 7) is 7.97. The summed E-state index contributed by atoms with van der Waals surface area (Å²) >= 11 is 0. The van der Waals surface area contributed by atoms with Gasteiger partial charge in [0.1, 0.15) is 0 Å². The summed E-state index contributed by atoms with van der Waals surface area (Å²) in [4.78, 5) is 23.0. The van der Waals surface area contributed by atoms with E-state index in [1.54, 1.807) is 12.4 Å². The molecule has 1 aliphatic heterocycles. The van der Waals surface area contributed by atoms with Crippen LogP contribution in [0.2, 0.25) is 0 Å². The van der Waals surface area contributed by atoms with Crippen LogP contribution in [0.1, 0.15) is 41.3 Å². The van der Waals surface area contributed by atoms with Crippen LogP contribution in [0.4, 0.5) is 11.6 Å². The monoisotopic (exact) mass is 324 g/mol. The van der Waals surface area contributed by atoms with E-state index in [4.69, 9.17) is 0 Å². The predicted molar refractivity (Wildman–Crippen MR) is 95.5 cm³/mol. The van der Waals surface area contributed by atoms with Crippen LogP contribution < -0.4 is 5.32 Å². The molecule has 24 heavy (non-hydrogen) atoms. The minimum Gasteiger partial charge on any atom is -0.339 e. The van der Waals surface area contributed by atoms with Gasteiger partial charge in [0.2, 0.25) is 5.95 Å². The van der Waals surface area contributed by atoms with Crippen molar-refractivity contribution in [2.75, 3.05) is 18.4 Å². The Labute approximate surface area is 143 Å². The molecule has 1 aromatic heterocycles. The predicted octanol–water partition coefficient (Wildman–Crippen LogP) is 3.71. The lowest BCUT2D eigenvalue weighted by Gasteiger charge is -2.30. The summed E-state index contributed by atoms with van der Waals surface area (Å²) in [6, 6.07) is 6.20. The van der Waals surface area contributed by atoms with Gasteiger partial charge >= 0.3 is 0 Å². The molecule has 2 heterocycles. The van der Waals surface area contributed by atoms with Crippen LogP contribution >= 0.6 is 0 Å². The van der Waals surface area contributed by atoms with Gasteiger partial charge in [-0.05, 0) is 49.8 Å². The minimum absolute atomic E-state index is 0.0280. The maximum absolute atomic E-state index is 12.5. The van der Waals surface area contributed by atoms with Gasteiger partial charge in [0.25, 0.3) is 5.91 Å². The fourth-order valence-corrected chi connectivity index (χ4v) is 2.89. The summed E-state index contributed by atoms with van der Waals surface area (Å²) in [7, 11) is 0. The lowest BCUT2D eigenvalue weighted by molar-refractivity contribution is 0.0696. The molecule has 0 unspecified atom stereocenters. The summed E-state index contributed by atoms with van der Waals surface area (Å²) in [6.07, 6.45) is 5.36. The third-order valence-electron chi connectivity index (χ3n) is 4.61. The van der Waals surface area contributed by atoms with Crippen molar-refractivity contribution in [1.82, 2.24) is 14.9 Å². The molecule has 3 rings (SSSR count). The van der Waals surface area contributed by atoms with Gasteiger partial charge in [0.15, 0.2) is 0 Å². The Hall–Kier alpha value is -2.43. The molecule has 0 spiro atoms. The number of hydrogen-bond donors (Lipinski definition) is 1. The van der Waals surface area contributed by atoms with Gasteiger partial charge in [-0.25, -0.2) is 9.97 Å². The Morgan fingerprint density at radius 1 is 1.17 bits per heavy atom. The number of aryl methyl sites for hydroxylation is 2. The number of hydrogen-bond acceptors (Lipinski definition) is 4. The SMILES string of the molecule is Cc1ccc(C)c(Nc2ncc(C(=O)N3CCC(C)CC3)cn2)c1. The molecular formula is C19H24N4O. The third kappa shape index (κ3) is 3.72. The number of carbonyl (C=O) groups excluding carboxylic acids is 1. The molecule has 5 nitrogen and oxygen atoms in total. The van der Waals surface area contributed by atoms with Crippen molar-refractivity contribution >= 4 is 17.5 Å². The molecule has 0 atom stereocenters. The number of rotatable bonds is 3. The number of piperidine rings is 1. The van der Waals surface area contributed by atoms with E-state index in [0.717, 1.165) is 37.2 Å². The van der Waals surface area contributed by atoms with Gasteiger partial charge in [0, 0.05) is 31.2 Å². The molecular weight excluding hydrogens is 300 g/mol. The van der Waals surface area contributed by atoms with E-state index >= 15 is 0 Å². The van der Waals surface area contributed by atoms with E-state index in [0.29, 0.717) is 17.4 Å². The highest BCUT2D eigenvalue weighted by Crippen LogP contribution is 2.20. The first kappa shape index (κ1) is 16.4. The topological polar surface area (TPSA) is 58.1 Å². The third-order valence-corrected chi connectivity index (χ3v) is 4.61. The number of nitrogens with zero attached hydrogens (tertiary/aromatic N) is 3. The zero-order chi connectivity index (χ0) is 17.1. The highest BCUT2D eigenvalue weighted by molar-refractivity contribution is 5.93. The molecule has 0 radical (unpaired) electrons. The number of benzene rings is 1. The highest BCUT2D eigenvalue weighted by atomic mass is 16.2. The van der Waals surface area contributed by atoms with E-state index in [2.05, 4.69) is 40.4 Å².